The Labute approximate surface area is 159 Å². The molecule has 1 saturated carbocycles. The second-order valence-electron chi connectivity index (χ2n) is 7.70. The molecule has 1 amide bonds. The van der Waals surface area contributed by atoms with Gasteiger partial charge in [-0.25, -0.2) is 4.98 Å². The highest BCUT2D eigenvalue weighted by Gasteiger charge is 2.29. The van der Waals surface area contributed by atoms with Crippen molar-refractivity contribution < 1.29 is 9.90 Å². The van der Waals surface area contributed by atoms with E-state index in [1.807, 2.05) is 42.3 Å². The zero-order chi connectivity index (χ0) is 19.1. The number of aliphatic hydroxyl groups excluding tert-OH is 1. The Kier molecular flexibility index (Phi) is 4.52. The minimum atomic E-state index is -0.203. The number of para-hydroxylation sites is 1. The van der Waals surface area contributed by atoms with Gasteiger partial charge in [-0.15, -0.1) is 0 Å². The van der Waals surface area contributed by atoms with Crippen LogP contribution >= 0.6 is 0 Å². The molecule has 6 nitrogen and oxygen atoms in total. The van der Waals surface area contributed by atoms with Gasteiger partial charge in [0.25, 0.3) is 5.91 Å². The van der Waals surface area contributed by atoms with Crippen LogP contribution in [0, 0.1) is 5.92 Å². The predicted molar refractivity (Wildman–Crippen MR) is 108 cm³/mol. The van der Waals surface area contributed by atoms with Gasteiger partial charge < -0.3 is 20.2 Å². The maximum absolute atomic E-state index is 12.8. The lowest BCUT2D eigenvalue weighted by atomic mass is 9.84. The molecule has 0 unspecified atom stereocenters. The Morgan fingerprint density at radius 1 is 1.11 bits per heavy atom. The van der Waals surface area contributed by atoms with Gasteiger partial charge in [-0.05, 0) is 37.3 Å². The van der Waals surface area contributed by atoms with Crippen molar-refractivity contribution >= 4 is 28.8 Å². The molecule has 4 rings (SSSR count). The fourth-order valence-electron chi connectivity index (χ4n) is 4.13. The number of benzene rings is 1. The molecule has 0 bridgehead atoms. The fraction of sp³-hybridized carbons (Fsp3) is 0.429. The van der Waals surface area contributed by atoms with Crippen molar-refractivity contribution in [2.24, 2.45) is 5.92 Å². The summed E-state index contributed by atoms with van der Waals surface area (Å²) >= 11 is 0. The second-order valence-corrected chi connectivity index (χ2v) is 7.70. The number of hydrogen-bond donors (Lipinski definition) is 2. The van der Waals surface area contributed by atoms with E-state index in [1.165, 1.54) is 0 Å². The first kappa shape index (κ1) is 17.8. The number of fused-ring (bicyclic) bond motifs is 2. The molecule has 0 saturated heterocycles. The lowest BCUT2D eigenvalue weighted by Gasteiger charge is -2.32. The summed E-state index contributed by atoms with van der Waals surface area (Å²) in [5.74, 6) is 1.05. The Morgan fingerprint density at radius 2 is 1.89 bits per heavy atom. The van der Waals surface area contributed by atoms with E-state index in [2.05, 4.69) is 17.2 Å². The Balaban J connectivity index is 1.67. The quantitative estimate of drug-likeness (QED) is 0.853. The largest absolute Gasteiger partial charge is 0.393 e. The molecule has 1 aromatic carbocycles. The molecule has 27 heavy (non-hydrogen) atoms. The molecular weight excluding hydrogens is 340 g/mol. The molecule has 2 aromatic rings. The molecule has 6 heteroatoms. The zero-order valence-electron chi connectivity index (χ0n) is 16.0. The summed E-state index contributed by atoms with van der Waals surface area (Å²) in [5, 5.41) is 13.5. The maximum atomic E-state index is 12.8. The topological polar surface area (TPSA) is 68.7 Å². The van der Waals surface area contributed by atoms with Crippen LogP contribution in [0.1, 0.15) is 36.5 Å². The molecule has 1 fully saturated rings. The summed E-state index contributed by atoms with van der Waals surface area (Å²) in [6, 6.07) is 9.97. The first-order valence-corrected chi connectivity index (χ1v) is 9.51. The second kappa shape index (κ2) is 6.85. The molecule has 1 aliphatic heterocycles. The van der Waals surface area contributed by atoms with Gasteiger partial charge in [-0.2, -0.15) is 0 Å². The molecule has 1 aliphatic carbocycles. The van der Waals surface area contributed by atoms with Crippen molar-refractivity contribution in [3.63, 3.8) is 0 Å². The van der Waals surface area contributed by atoms with Crippen LogP contribution in [0.2, 0.25) is 0 Å². The third-order valence-corrected chi connectivity index (χ3v) is 5.86. The van der Waals surface area contributed by atoms with Gasteiger partial charge in [-0.3, -0.25) is 4.79 Å². The van der Waals surface area contributed by atoms with Crippen LogP contribution in [0.3, 0.4) is 0 Å². The van der Waals surface area contributed by atoms with Gasteiger partial charge in [0.05, 0.1) is 34.9 Å². The van der Waals surface area contributed by atoms with Crippen molar-refractivity contribution in [2.45, 2.75) is 38.3 Å². The highest BCUT2D eigenvalue weighted by atomic mass is 16.3. The number of anilines is 4. The zero-order valence-corrected chi connectivity index (χ0v) is 16.0. The lowest BCUT2D eigenvalue weighted by molar-refractivity contribution is 0.0748. The number of amides is 1. The van der Waals surface area contributed by atoms with Crippen molar-refractivity contribution in [3.05, 3.63) is 42.1 Å². The van der Waals surface area contributed by atoms with Gasteiger partial charge in [-0.1, -0.05) is 19.1 Å². The third-order valence-electron chi connectivity index (χ3n) is 5.86. The number of aliphatic hydroxyl groups is 1. The van der Waals surface area contributed by atoms with Crippen LogP contribution in [0.25, 0.3) is 0 Å². The minimum absolute atomic E-state index is 0.0335. The monoisotopic (exact) mass is 366 g/mol. The van der Waals surface area contributed by atoms with E-state index >= 15 is 0 Å². The molecule has 2 heterocycles. The summed E-state index contributed by atoms with van der Waals surface area (Å²) in [6.07, 6.45) is 4.23. The first-order chi connectivity index (χ1) is 13.0. The van der Waals surface area contributed by atoms with E-state index in [0.29, 0.717) is 11.6 Å². The van der Waals surface area contributed by atoms with Crippen molar-refractivity contribution in [1.29, 1.82) is 0 Å². The maximum Gasteiger partial charge on any atom is 0.260 e. The van der Waals surface area contributed by atoms with Gasteiger partial charge in [0.1, 0.15) is 5.82 Å². The van der Waals surface area contributed by atoms with Crippen LogP contribution in [-0.4, -0.2) is 42.2 Å². The summed E-state index contributed by atoms with van der Waals surface area (Å²) in [7, 11) is 3.77. The van der Waals surface area contributed by atoms with Gasteiger partial charge in [0.2, 0.25) is 0 Å². The van der Waals surface area contributed by atoms with Crippen LogP contribution in [0.15, 0.2) is 36.5 Å². The van der Waals surface area contributed by atoms with Crippen molar-refractivity contribution in [3.8, 4) is 0 Å². The molecule has 2 N–H and O–H groups in total. The van der Waals surface area contributed by atoms with E-state index < -0.39 is 0 Å². The summed E-state index contributed by atoms with van der Waals surface area (Å²) in [5.41, 5.74) is 3.30. The Morgan fingerprint density at radius 3 is 2.67 bits per heavy atom. The van der Waals surface area contributed by atoms with Crippen LogP contribution < -0.4 is 15.1 Å². The van der Waals surface area contributed by atoms with Crippen LogP contribution in [-0.2, 0) is 0 Å². The van der Waals surface area contributed by atoms with E-state index in [9.17, 15) is 9.90 Å². The highest BCUT2D eigenvalue weighted by Crippen LogP contribution is 2.40. The first-order valence-electron chi connectivity index (χ1n) is 9.51. The van der Waals surface area contributed by atoms with Gasteiger partial charge >= 0.3 is 0 Å². The minimum Gasteiger partial charge on any atom is -0.393 e. The number of pyridine rings is 1. The molecule has 142 valence electrons. The summed E-state index contributed by atoms with van der Waals surface area (Å²) in [6.45, 7) is 2.09. The average Bonchev–Trinajstić information content (AvgIpc) is 2.75. The number of carbonyl (C=O) groups excluding carboxylic acids is 1. The predicted octanol–water partition coefficient (Wildman–Crippen LogP) is 3.40. The van der Waals surface area contributed by atoms with E-state index in [4.69, 9.17) is 0 Å². The molecule has 0 spiro atoms. The number of nitrogens with one attached hydrogen (secondary N) is 1. The lowest BCUT2D eigenvalue weighted by Crippen LogP contribution is -2.34. The number of nitrogens with zero attached hydrogens (tertiary/aromatic N) is 3. The highest BCUT2D eigenvalue weighted by molar-refractivity contribution is 6.13. The van der Waals surface area contributed by atoms with Crippen LogP contribution in [0.4, 0.5) is 22.9 Å². The number of rotatable bonds is 2. The van der Waals surface area contributed by atoms with E-state index in [0.717, 1.165) is 42.1 Å². The summed E-state index contributed by atoms with van der Waals surface area (Å²) in [4.78, 5) is 21.1. The Hall–Kier alpha value is -2.60. The number of aromatic nitrogens is 1. The van der Waals surface area contributed by atoms with Crippen molar-refractivity contribution in [1.82, 2.24) is 4.98 Å². The third kappa shape index (κ3) is 3.14. The molecular formula is C21H26N4O2. The summed E-state index contributed by atoms with van der Waals surface area (Å²) < 4.78 is 0. The number of hydrogen-bond acceptors (Lipinski definition) is 5. The Bertz CT molecular complexity index is 869. The SMILES string of the molecule is C[C@@H]1C[C@H](Nc2cc3c(cn2)N(C)C(=O)c2ccccc2N3C)CC[C@H]1O. The van der Waals surface area contributed by atoms with Gasteiger partial charge in [0, 0.05) is 26.2 Å². The molecule has 1 aromatic heterocycles. The number of carbonyl (C=O) groups is 1. The van der Waals surface area contributed by atoms with E-state index in [-0.39, 0.29) is 17.9 Å². The van der Waals surface area contributed by atoms with Gasteiger partial charge in [0.15, 0.2) is 0 Å². The molecule has 0 radical (unpaired) electrons. The molecule has 2 aliphatic rings. The average molecular weight is 366 g/mol. The van der Waals surface area contributed by atoms with Crippen molar-refractivity contribution in [2.75, 3.05) is 29.2 Å². The smallest absolute Gasteiger partial charge is 0.260 e. The fourth-order valence-corrected chi connectivity index (χ4v) is 4.13. The standard InChI is InChI=1S/C21H26N4O2/c1-13-10-14(8-9-19(13)26)23-20-11-17-18(12-22-20)25(3)21(27)15-6-4-5-7-16(15)24(17)2/h4-7,11-14,19,26H,8-10H2,1-3H3,(H,22,23)/t13-,14-,19-/m1/s1. The van der Waals surface area contributed by atoms with E-state index in [1.54, 1.807) is 18.1 Å². The molecule has 3 atom stereocenters. The normalized spacial score (nSPS) is 24.9. The van der Waals surface area contributed by atoms with Crippen LogP contribution in [0.5, 0.6) is 0 Å².